The molecule has 5 aliphatic rings. The van der Waals surface area contributed by atoms with Crippen LogP contribution in [-0.2, 0) is 10.2 Å². The number of halogens is 1. The molecule has 5 nitrogen and oxygen atoms in total. The molecule has 4 bridgehead atoms. The molecule has 2 amide bonds. The van der Waals surface area contributed by atoms with Crippen molar-refractivity contribution in [1.82, 2.24) is 4.90 Å². The van der Waals surface area contributed by atoms with Crippen LogP contribution in [-0.4, -0.2) is 35.8 Å². The van der Waals surface area contributed by atoms with Gasteiger partial charge in [0.2, 0.25) is 0 Å². The van der Waals surface area contributed by atoms with Gasteiger partial charge in [-0.1, -0.05) is 17.7 Å². The zero-order chi connectivity index (χ0) is 25.6. The molecule has 0 atom stereocenters. The summed E-state index contributed by atoms with van der Waals surface area (Å²) in [5.74, 6) is 3.69. The Kier molecular flexibility index (Phi) is 6.74. The van der Waals surface area contributed by atoms with E-state index in [4.69, 9.17) is 21.1 Å². The lowest BCUT2D eigenvalue weighted by molar-refractivity contribution is -0.123. The number of carbonyl (C=O) groups excluding carboxylic acids is 2. The van der Waals surface area contributed by atoms with Crippen LogP contribution in [0.15, 0.2) is 47.4 Å². The third-order valence-electron chi connectivity index (χ3n) is 8.52. The van der Waals surface area contributed by atoms with E-state index in [0.29, 0.717) is 22.3 Å². The molecule has 1 aliphatic heterocycles. The van der Waals surface area contributed by atoms with E-state index in [0.717, 1.165) is 40.8 Å². The van der Waals surface area contributed by atoms with Crippen molar-refractivity contribution in [3.63, 3.8) is 0 Å². The summed E-state index contributed by atoms with van der Waals surface area (Å²) < 4.78 is 11.6. The first-order chi connectivity index (χ1) is 17.9. The molecule has 0 radical (unpaired) electrons. The Morgan fingerprint density at radius 3 is 2.32 bits per heavy atom. The van der Waals surface area contributed by atoms with Crippen molar-refractivity contribution >= 4 is 40.6 Å². The Morgan fingerprint density at radius 2 is 1.68 bits per heavy atom. The molecular weight excluding hydrogens is 506 g/mol. The van der Waals surface area contributed by atoms with Gasteiger partial charge < -0.3 is 9.47 Å². The van der Waals surface area contributed by atoms with Crippen molar-refractivity contribution in [2.24, 2.45) is 17.8 Å². The number of amides is 2. The first-order valence-electron chi connectivity index (χ1n) is 13.3. The van der Waals surface area contributed by atoms with Crippen molar-refractivity contribution in [3.8, 4) is 11.5 Å². The molecule has 37 heavy (non-hydrogen) atoms. The smallest absolute Gasteiger partial charge is 0.293 e. The van der Waals surface area contributed by atoms with Crippen LogP contribution in [0.2, 0.25) is 5.02 Å². The highest BCUT2D eigenvalue weighted by molar-refractivity contribution is 8.18. The number of thioether (sulfide) groups is 1. The highest BCUT2D eigenvalue weighted by Gasteiger charge is 2.51. The summed E-state index contributed by atoms with van der Waals surface area (Å²) in [5, 5.41) is 0.355. The predicted octanol–water partition coefficient (Wildman–Crippen LogP) is 7.32. The van der Waals surface area contributed by atoms with Crippen molar-refractivity contribution in [2.45, 2.75) is 50.9 Å². The summed E-state index contributed by atoms with van der Waals surface area (Å²) in [6.45, 7) is 2.92. The molecule has 1 saturated heterocycles. The number of benzene rings is 2. The van der Waals surface area contributed by atoms with Gasteiger partial charge >= 0.3 is 0 Å². The van der Waals surface area contributed by atoms with Gasteiger partial charge in [0.05, 0.1) is 18.1 Å². The van der Waals surface area contributed by atoms with E-state index in [-0.39, 0.29) is 29.7 Å². The van der Waals surface area contributed by atoms with Crippen molar-refractivity contribution in [2.75, 3.05) is 19.8 Å². The third kappa shape index (κ3) is 4.90. The number of hydrogen-bond acceptors (Lipinski definition) is 5. The van der Waals surface area contributed by atoms with Gasteiger partial charge in [-0.2, -0.15) is 0 Å². The van der Waals surface area contributed by atoms with Gasteiger partial charge in [0.15, 0.2) is 0 Å². The molecule has 4 aliphatic carbocycles. The van der Waals surface area contributed by atoms with Gasteiger partial charge in [0.1, 0.15) is 18.1 Å². The molecule has 7 rings (SSSR count). The van der Waals surface area contributed by atoms with E-state index >= 15 is 0 Å². The molecule has 7 heteroatoms. The summed E-state index contributed by atoms with van der Waals surface area (Å²) in [6, 6.07) is 13.6. The van der Waals surface area contributed by atoms with Crippen LogP contribution in [0.5, 0.6) is 11.5 Å². The highest BCUT2D eigenvalue weighted by Crippen LogP contribution is 2.61. The van der Waals surface area contributed by atoms with Gasteiger partial charge in [-0.3, -0.25) is 14.5 Å². The van der Waals surface area contributed by atoms with E-state index in [1.165, 1.54) is 49.0 Å². The van der Waals surface area contributed by atoms with E-state index in [9.17, 15) is 9.59 Å². The van der Waals surface area contributed by atoms with E-state index in [1.54, 1.807) is 24.3 Å². The molecule has 2 aromatic carbocycles. The first kappa shape index (κ1) is 24.9. The van der Waals surface area contributed by atoms with E-state index in [2.05, 4.69) is 18.2 Å². The maximum absolute atomic E-state index is 13.2. The van der Waals surface area contributed by atoms with Crippen LogP contribution >= 0.6 is 23.4 Å². The molecule has 0 N–H and O–H groups in total. The summed E-state index contributed by atoms with van der Waals surface area (Å²) in [4.78, 5) is 27.6. The summed E-state index contributed by atoms with van der Waals surface area (Å²) in [6.07, 6.45) is 9.87. The Bertz CT molecular complexity index is 1210. The number of nitrogens with zero attached hydrogens (tertiary/aromatic N) is 1. The fraction of sp³-hybridized carbons (Fsp3) is 0.467. The van der Waals surface area contributed by atoms with Crippen LogP contribution in [0, 0.1) is 17.8 Å². The largest absolute Gasteiger partial charge is 0.493 e. The Morgan fingerprint density at radius 1 is 1.00 bits per heavy atom. The SMILES string of the molecule is CCOc1ccc(C23CC4CC(CC(C4)C2)C3)cc1/C=C1\SC(=O)N(CCOc2ccc(Cl)cc2)C1=O. The van der Waals surface area contributed by atoms with Gasteiger partial charge in [-0.05, 0) is 128 Å². The quantitative estimate of drug-likeness (QED) is 0.330. The lowest BCUT2D eigenvalue weighted by Crippen LogP contribution is -2.48. The number of hydrogen-bond donors (Lipinski definition) is 0. The van der Waals surface area contributed by atoms with Crippen LogP contribution in [0.25, 0.3) is 6.08 Å². The maximum atomic E-state index is 13.2. The minimum Gasteiger partial charge on any atom is -0.493 e. The zero-order valence-electron chi connectivity index (χ0n) is 21.1. The summed E-state index contributed by atoms with van der Waals surface area (Å²) >= 11 is 6.90. The van der Waals surface area contributed by atoms with Crippen LogP contribution in [0.3, 0.4) is 0 Å². The topological polar surface area (TPSA) is 55.8 Å². The normalized spacial score (nSPS) is 29.4. The monoisotopic (exact) mass is 537 g/mol. The molecule has 0 unspecified atom stereocenters. The molecule has 5 fully saturated rings. The molecule has 2 aromatic rings. The Labute approximate surface area is 227 Å². The predicted molar refractivity (Wildman–Crippen MR) is 147 cm³/mol. The average Bonchev–Trinajstić information content (AvgIpc) is 3.13. The third-order valence-corrected chi connectivity index (χ3v) is 9.68. The second kappa shape index (κ2) is 10.0. The minimum atomic E-state index is -0.280. The van der Waals surface area contributed by atoms with Gasteiger partial charge in [0.25, 0.3) is 11.1 Å². The fourth-order valence-corrected chi connectivity index (χ4v) is 8.34. The molecule has 1 heterocycles. The Balaban J connectivity index is 1.21. The number of carbonyl (C=O) groups is 2. The standard InChI is InChI=1S/C30H32ClNO4S/c1-2-35-26-8-3-23(30-16-19-11-20(17-30)13-21(12-19)18-30)14-22(26)15-27-28(33)32(29(34)37-27)9-10-36-25-6-4-24(31)5-7-25/h3-8,14-15,19-21H,2,9-13,16-18H2,1H3/b27-15-. The number of imide groups is 1. The van der Waals surface area contributed by atoms with Gasteiger partial charge in [-0.25, -0.2) is 0 Å². The summed E-state index contributed by atoms with van der Waals surface area (Å²) in [7, 11) is 0. The van der Waals surface area contributed by atoms with Crippen molar-refractivity contribution in [3.05, 3.63) is 63.5 Å². The molecule has 0 spiro atoms. The second-order valence-electron chi connectivity index (χ2n) is 11.0. The lowest BCUT2D eigenvalue weighted by Gasteiger charge is -2.57. The van der Waals surface area contributed by atoms with Gasteiger partial charge in [-0.15, -0.1) is 0 Å². The van der Waals surface area contributed by atoms with Crippen molar-refractivity contribution in [1.29, 1.82) is 0 Å². The van der Waals surface area contributed by atoms with Crippen LogP contribution in [0.1, 0.15) is 56.6 Å². The van der Waals surface area contributed by atoms with E-state index in [1.807, 2.05) is 13.0 Å². The number of ether oxygens (including phenoxy) is 2. The van der Waals surface area contributed by atoms with E-state index < -0.39 is 0 Å². The molecule has 4 saturated carbocycles. The average molecular weight is 538 g/mol. The molecule has 0 aromatic heterocycles. The minimum absolute atomic E-state index is 0.191. The second-order valence-corrected chi connectivity index (χ2v) is 12.4. The van der Waals surface area contributed by atoms with Crippen LogP contribution in [0.4, 0.5) is 4.79 Å². The molecule has 194 valence electrons. The zero-order valence-corrected chi connectivity index (χ0v) is 22.7. The van der Waals surface area contributed by atoms with Crippen LogP contribution < -0.4 is 9.47 Å². The summed E-state index contributed by atoms with van der Waals surface area (Å²) in [5.41, 5.74) is 2.51. The van der Waals surface area contributed by atoms with Crippen molar-refractivity contribution < 1.29 is 19.1 Å². The van der Waals surface area contributed by atoms with Gasteiger partial charge in [0, 0.05) is 10.6 Å². The first-order valence-corrected chi connectivity index (χ1v) is 14.5. The number of rotatable bonds is 8. The maximum Gasteiger partial charge on any atom is 0.293 e. The molecular formula is C30H32ClNO4S. The highest BCUT2D eigenvalue weighted by atomic mass is 35.5. The fourth-order valence-electron chi connectivity index (χ4n) is 7.36. The lowest BCUT2D eigenvalue weighted by atomic mass is 9.48. The Hall–Kier alpha value is -2.44.